The molecule has 0 fully saturated rings. The smallest absolute Gasteiger partial charge is 0.261 e. The maximum atomic E-state index is 13.2. The summed E-state index contributed by atoms with van der Waals surface area (Å²) in [6.45, 7) is 4.24. The first-order chi connectivity index (χ1) is 15.4. The van der Waals surface area contributed by atoms with Crippen LogP contribution in [0.2, 0.25) is 0 Å². The zero-order valence-electron chi connectivity index (χ0n) is 19.3. The Hall–Kier alpha value is -3.42. The third-order valence-electron chi connectivity index (χ3n) is 4.94. The molecule has 8 nitrogen and oxygen atoms in total. The van der Waals surface area contributed by atoms with Gasteiger partial charge in [0.15, 0.2) is 6.61 Å². The predicted molar refractivity (Wildman–Crippen MR) is 121 cm³/mol. The van der Waals surface area contributed by atoms with E-state index in [9.17, 15) is 9.59 Å². The van der Waals surface area contributed by atoms with Crippen molar-refractivity contribution in [2.24, 2.45) is 0 Å². The van der Waals surface area contributed by atoms with E-state index >= 15 is 0 Å². The van der Waals surface area contributed by atoms with Crippen LogP contribution in [0.5, 0.6) is 23.0 Å². The highest BCUT2D eigenvalue weighted by Gasteiger charge is 2.28. The summed E-state index contributed by atoms with van der Waals surface area (Å²) in [6, 6.07) is 11.8. The quantitative estimate of drug-likeness (QED) is 0.542. The van der Waals surface area contributed by atoms with Crippen molar-refractivity contribution in [2.75, 3.05) is 34.5 Å². The van der Waals surface area contributed by atoms with Gasteiger partial charge in [-0.05, 0) is 31.0 Å². The number of rotatable bonds is 12. The van der Waals surface area contributed by atoms with E-state index in [-0.39, 0.29) is 25.0 Å². The molecule has 2 aromatic carbocycles. The third-order valence-corrected chi connectivity index (χ3v) is 4.94. The summed E-state index contributed by atoms with van der Waals surface area (Å²) in [6.07, 6.45) is 0.473. The number of carbonyl (C=O) groups excluding carboxylic acids is 2. The number of methoxy groups -OCH3 is 3. The van der Waals surface area contributed by atoms with Gasteiger partial charge in [0.1, 0.15) is 29.0 Å². The van der Waals surface area contributed by atoms with Gasteiger partial charge in [0.05, 0.1) is 21.3 Å². The SMILES string of the molecule is CCNC(=O)C(CC)N(Cc1ccc(OC)cc1)C(=O)COc1cc(OC)cc(OC)c1. The van der Waals surface area contributed by atoms with Crippen LogP contribution in [0, 0.1) is 0 Å². The molecule has 0 aliphatic heterocycles. The molecule has 8 heteroatoms. The Morgan fingerprint density at radius 1 is 0.875 bits per heavy atom. The number of benzene rings is 2. The summed E-state index contributed by atoms with van der Waals surface area (Å²) in [5.41, 5.74) is 0.880. The minimum absolute atomic E-state index is 0.195. The van der Waals surface area contributed by atoms with Crippen molar-refractivity contribution in [3.05, 3.63) is 48.0 Å². The molecule has 2 aromatic rings. The summed E-state index contributed by atoms with van der Waals surface area (Å²) in [7, 11) is 4.68. The van der Waals surface area contributed by atoms with E-state index in [0.717, 1.165) is 11.3 Å². The Bertz CT molecular complexity index is 862. The lowest BCUT2D eigenvalue weighted by atomic mass is 10.1. The number of amides is 2. The highest BCUT2D eigenvalue weighted by atomic mass is 16.5. The largest absolute Gasteiger partial charge is 0.497 e. The number of ether oxygens (including phenoxy) is 4. The van der Waals surface area contributed by atoms with Gasteiger partial charge in [-0.1, -0.05) is 19.1 Å². The molecule has 1 unspecified atom stereocenters. The van der Waals surface area contributed by atoms with E-state index in [1.807, 2.05) is 38.1 Å². The van der Waals surface area contributed by atoms with Crippen molar-refractivity contribution in [1.82, 2.24) is 10.2 Å². The number of hydrogen-bond donors (Lipinski definition) is 1. The predicted octanol–water partition coefficient (Wildman–Crippen LogP) is 3.03. The molecule has 32 heavy (non-hydrogen) atoms. The van der Waals surface area contributed by atoms with Crippen molar-refractivity contribution < 1.29 is 28.5 Å². The molecule has 0 bridgehead atoms. The van der Waals surface area contributed by atoms with E-state index in [1.54, 1.807) is 44.4 Å². The Balaban J connectivity index is 2.22. The van der Waals surface area contributed by atoms with Gasteiger partial charge in [0.25, 0.3) is 5.91 Å². The second-order valence-corrected chi connectivity index (χ2v) is 7.03. The van der Waals surface area contributed by atoms with Crippen molar-refractivity contribution in [3.63, 3.8) is 0 Å². The monoisotopic (exact) mass is 444 g/mol. The molecule has 0 radical (unpaired) electrons. The van der Waals surface area contributed by atoms with Crippen LogP contribution in [0.3, 0.4) is 0 Å². The van der Waals surface area contributed by atoms with Crippen molar-refractivity contribution in [3.8, 4) is 23.0 Å². The lowest BCUT2D eigenvalue weighted by molar-refractivity contribution is -0.142. The second kappa shape index (κ2) is 12.4. The molecule has 0 aliphatic carbocycles. The number of nitrogens with zero attached hydrogens (tertiary/aromatic N) is 1. The van der Waals surface area contributed by atoms with Crippen molar-refractivity contribution in [1.29, 1.82) is 0 Å². The molecule has 0 aromatic heterocycles. The van der Waals surface area contributed by atoms with Gasteiger partial charge in [-0.25, -0.2) is 0 Å². The number of nitrogens with one attached hydrogen (secondary N) is 1. The van der Waals surface area contributed by atoms with Crippen LogP contribution in [0.25, 0.3) is 0 Å². The Kier molecular flexibility index (Phi) is 9.66. The van der Waals surface area contributed by atoms with Gasteiger partial charge < -0.3 is 29.2 Å². The van der Waals surface area contributed by atoms with Gasteiger partial charge in [-0.2, -0.15) is 0 Å². The molecule has 174 valence electrons. The standard InChI is InChI=1S/C24H32N2O6/c1-6-22(24(28)25-7-2)26(15-17-8-10-18(29-3)11-9-17)23(27)16-32-21-13-19(30-4)12-20(14-21)31-5/h8-14,22H,6-7,15-16H2,1-5H3,(H,25,28). The summed E-state index contributed by atoms with van der Waals surface area (Å²) in [5, 5.41) is 2.81. The van der Waals surface area contributed by atoms with Crippen LogP contribution in [-0.2, 0) is 16.1 Å². The van der Waals surface area contributed by atoms with Crippen LogP contribution in [0.4, 0.5) is 0 Å². The van der Waals surface area contributed by atoms with E-state index in [4.69, 9.17) is 18.9 Å². The van der Waals surface area contributed by atoms with Gasteiger partial charge in [-0.3, -0.25) is 9.59 Å². The van der Waals surface area contributed by atoms with Crippen LogP contribution >= 0.6 is 0 Å². The third kappa shape index (κ3) is 6.80. The fourth-order valence-electron chi connectivity index (χ4n) is 3.23. The molecular weight excluding hydrogens is 412 g/mol. The Morgan fingerprint density at radius 2 is 1.44 bits per heavy atom. The van der Waals surface area contributed by atoms with Crippen LogP contribution in [-0.4, -0.2) is 57.2 Å². The summed E-state index contributed by atoms with van der Waals surface area (Å²) >= 11 is 0. The summed E-state index contributed by atoms with van der Waals surface area (Å²) in [5.74, 6) is 1.76. The summed E-state index contributed by atoms with van der Waals surface area (Å²) in [4.78, 5) is 27.4. The van der Waals surface area contributed by atoms with Gasteiger partial charge >= 0.3 is 0 Å². The molecule has 0 heterocycles. The molecule has 2 amide bonds. The molecule has 0 aliphatic rings. The summed E-state index contributed by atoms with van der Waals surface area (Å²) < 4.78 is 21.4. The maximum Gasteiger partial charge on any atom is 0.261 e. The van der Waals surface area contributed by atoms with E-state index in [2.05, 4.69) is 5.32 Å². The van der Waals surface area contributed by atoms with E-state index in [0.29, 0.717) is 30.2 Å². The molecule has 1 atom stereocenters. The molecule has 0 saturated carbocycles. The van der Waals surface area contributed by atoms with Crippen molar-refractivity contribution in [2.45, 2.75) is 32.9 Å². The maximum absolute atomic E-state index is 13.2. The number of hydrogen-bond acceptors (Lipinski definition) is 6. The highest BCUT2D eigenvalue weighted by molar-refractivity contribution is 5.88. The average Bonchev–Trinajstić information content (AvgIpc) is 2.82. The highest BCUT2D eigenvalue weighted by Crippen LogP contribution is 2.27. The first-order valence-corrected chi connectivity index (χ1v) is 10.5. The second-order valence-electron chi connectivity index (χ2n) is 7.03. The fourth-order valence-corrected chi connectivity index (χ4v) is 3.23. The van der Waals surface area contributed by atoms with Crippen LogP contribution < -0.4 is 24.3 Å². The van der Waals surface area contributed by atoms with Crippen LogP contribution in [0.15, 0.2) is 42.5 Å². The fraction of sp³-hybridized carbons (Fsp3) is 0.417. The topological polar surface area (TPSA) is 86.3 Å². The zero-order valence-corrected chi connectivity index (χ0v) is 19.3. The molecular formula is C24H32N2O6. The lowest BCUT2D eigenvalue weighted by Gasteiger charge is -2.30. The van der Waals surface area contributed by atoms with Gasteiger partial charge in [0.2, 0.25) is 5.91 Å². The van der Waals surface area contributed by atoms with Crippen LogP contribution in [0.1, 0.15) is 25.8 Å². The minimum atomic E-state index is -0.618. The van der Waals surface area contributed by atoms with Gasteiger partial charge in [0, 0.05) is 31.3 Å². The minimum Gasteiger partial charge on any atom is -0.497 e. The first-order valence-electron chi connectivity index (χ1n) is 10.5. The van der Waals surface area contributed by atoms with Gasteiger partial charge in [-0.15, -0.1) is 0 Å². The lowest BCUT2D eigenvalue weighted by Crippen LogP contribution is -2.50. The molecule has 0 saturated heterocycles. The van der Waals surface area contributed by atoms with E-state index in [1.165, 1.54) is 0 Å². The molecule has 2 rings (SSSR count). The Labute approximate surface area is 189 Å². The average molecular weight is 445 g/mol. The van der Waals surface area contributed by atoms with E-state index < -0.39 is 6.04 Å². The van der Waals surface area contributed by atoms with Crippen molar-refractivity contribution >= 4 is 11.8 Å². The first kappa shape index (κ1) is 24.8. The number of likely N-dealkylation sites (N-methyl/N-ethyl adjacent to an activating group) is 1. The number of carbonyl (C=O) groups is 2. The Morgan fingerprint density at radius 3 is 1.94 bits per heavy atom. The zero-order chi connectivity index (χ0) is 23.5. The molecule has 1 N–H and O–H groups in total. The normalized spacial score (nSPS) is 11.3. The molecule has 0 spiro atoms.